The second kappa shape index (κ2) is 10.3. The van der Waals surface area contributed by atoms with E-state index >= 15 is 0 Å². The van der Waals surface area contributed by atoms with Crippen LogP contribution in [-0.2, 0) is 22.7 Å². The van der Waals surface area contributed by atoms with Gasteiger partial charge >= 0.3 is 5.97 Å². The molecule has 0 fully saturated rings. The average Bonchev–Trinajstić information content (AvgIpc) is 3.22. The lowest BCUT2D eigenvalue weighted by Crippen LogP contribution is -2.19. The van der Waals surface area contributed by atoms with Crippen molar-refractivity contribution in [2.24, 2.45) is 0 Å². The van der Waals surface area contributed by atoms with Gasteiger partial charge in [0.15, 0.2) is 6.10 Å². The van der Waals surface area contributed by atoms with Gasteiger partial charge in [-0.1, -0.05) is 84.4 Å². The van der Waals surface area contributed by atoms with Gasteiger partial charge in [-0.05, 0) is 31.0 Å². The smallest absolute Gasteiger partial charge is 0.332 e. The number of aromatic nitrogens is 2. The summed E-state index contributed by atoms with van der Waals surface area (Å²) < 4.78 is 7.15. The van der Waals surface area contributed by atoms with Crippen molar-refractivity contribution in [3.8, 4) is 0 Å². The van der Waals surface area contributed by atoms with Crippen molar-refractivity contribution in [2.75, 3.05) is 0 Å². The summed E-state index contributed by atoms with van der Waals surface area (Å²) in [5.74, 6) is -1.07. The van der Waals surface area contributed by atoms with E-state index in [1.807, 2.05) is 96.6 Å². The molecule has 4 aromatic rings. The van der Waals surface area contributed by atoms with Gasteiger partial charge in [0.05, 0.1) is 18.7 Å². The van der Waals surface area contributed by atoms with Gasteiger partial charge in [0.25, 0.3) is 0 Å². The molecule has 6 heteroatoms. The standard InChI is InChI=1S/C28H26N2O4/c1-19-9-15-23(16-10-19)27(31)26-24-7-3-4-8-25(24)30(29-26)17-5-6-21-11-13-22(14-12-21)18-34-20(2)28(32)33/h3-16,20H,17-18H2,1-2H3,(H,32,33)/b6-5+/t20-/m1/s1. The van der Waals surface area contributed by atoms with E-state index in [-0.39, 0.29) is 12.4 Å². The quantitative estimate of drug-likeness (QED) is 0.348. The zero-order valence-electron chi connectivity index (χ0n) is 19.1. The van der Waals surface area contributed by atoms with Gasteiger partial charge in [0, 0.05) is 10.9 Å². The molecule has 172 valence electrons. The lowest BCUT2D eigenvalue weighted by Gasteiger charge is -2.08. The number of fused-ring (bicyclic) bond motifs is 1. The molecule has 0 spiro atoms. The van der Waals surface area contributed by atoms with Crippen molar-refractivity contribution < 1.29 is 19.4 Å². The van der Waals surface area contributed by atoms with Crippen molar-refractivity contribution in [3.63, 3.8) is 0 Å². The first-order valence-corrected chi connectivity index (χ1v) is 11.1. The first-order valence-electron chi connectivity index (χ1n) is 11.1. The van der Waals surface area contributed by atoms with E-state index in [0.29, 0.717) is 17.8 Å². The number of para-hydroxylation sites is 1. The summed E-state index contributed by atoms with van der Waals surface area (Å²) in [5, 5.41) is 14.4. The number of allylic oxidation sites excluding steroid dienone is 1. The normalized spacial score (nSPS) is 12.3. The van der Waals surface area contributed by atoms with Crippen LogP contribution < -0.4 is 0 Å². The SMILES string of the molecule is Cc1ccc(C(=O)c2nn(C/C=C/c3ccc(CO[C@H](C)C(=O)O)cc3)c3ccccc23)cc1. The van der Waals surface area contributed by atoms with Crippen LogP contribution in [0.5, 0.6) is 0 Å². The first kappa shape index (κ1) is 23.1. The maximum Gasteiger partial charge on any atom is 0.332 e. The number of carbonyl (C=O) groups excluding carboxylic acids is 1. The number of nitrogens with zero attached hydrogens (tertiary/aromatic N) is 2. The summed E-state index contributed by atoms with van der Waals surface area (Å²) in [5.41, 5.74) is 4.99. The monoisotopic (exact) mass is 454 g/mol. The number of carboxylic acid groups (broad SMARTS) is 1. The number of hydrogen-bond donors (Lipinski definition) is 1. The molecule has 0 saturated heterocycles. The van der Waals surface area contributed by atoms with Gasteiger partial charge in [-0.15, -0.1) is 0 Å². The summed E-state index contributed by atoms with van der Waals surface area (Å²) in [6, 6.07) is 23.0. The summed E-state index contributed by atoms with van der Waals surface area (Å²) in [4.78, 5) is 24.0. The number of carbonyl (C=O) groups is 2. The van der Waals surface area contributed by atoms with Crippen LogP contribution in [0.3, 0.4) is 0 Å². The average molecular weight is 455 g/mol. The fourth-order valence-corrected chi connectivity index (χ4v) is 3.58. The van der Waals surface area contributed by atoms with Crippen LogP contribution in [0.15, 0.2) is 78.9 Å². The number of rotatable bonds is 9. The fraction of sp³-hybridized carbons (Fsp3) is 0.179. The Kier molecular flexibility index (Phi) is 6.99. The van der Waals surface area contributed by atoms with Crippen LogP contribution in [0.4, 0.5) is 0 Å². The highest BCUT2D eigenvalue weighted by Gasteiger charge is 2.18. The predicted octanol–water partition coefficient (Wildman–Crippen LogP) is 5.28. The summed E-state index contributed by atoms with van der Waals surface area (Å²) in [7, 11) is 0. The molecule has 34 heavy (non-hydrogen) atoms. The second-order valence-corrected chi connectivity index (χ2v) is 8.18. The molecule has 0 bridgehead atoms. The molecule has 0 aliphatic carbocycles. The number of aryl methyl sites for hydroxylation is 1. The molecule has 0 saturated carbocycles. The van der Waals surface area contributed by atoms with Gasteiger partial charge in [0.1, 0.15) is 5.69 Å². The number of aliphatic carboxylic acids is 1. The lowest BCUT2D eigenvalue weighted by molar-refractivity contribution is -0.149. The highest BCUT2D eigenvalue weighted by atomic mass is 16.5. The molecular weight excluding hydrogens is 428 g/mol. The minimum Gasteiger partial charge on any atom is -0.479 e. The fourth-order valence-electron chi connectivity index (χ4n) is 3.58. The van der Waals surface area contributed by atoms with Crippen LogP contribution in [0.25, 0.3) is 17.0 Å². The molecule has 1 atom stereocenters. The van der Waals surface area contributed by atoms with E-state index in [2.05, 4.69) is 5.10 Å². The lowest BCUT2D eigenvalue weighted by atomic mass is 10.0. The molecule has 6 nitrogen and oxygen atoms in total. The maximum absolute atomic E-state index is 13.1. The third-order valence-electron chi connectivity index (χ3n) is 5.60. The Morgan fingerprint density at radius 2 is 1.74 bits per heavy atom. The van der Waals surface area contributed by atoms with Crippen molar-refractivity contribution in [3.05, 3.63) is 107 Å². The van der Waals surface area contributed by atoms with Crippen LogP contribution in [-0.4, -0.2) is 32.7 Å². The van der Waals surface area contributed by atoms with Crippen molar-refractivity contribution in [1.29, 1.82) is 0 Å². The molecule has 0 aliphatic heterocycles. The van der Waals surface area contributed by atoms with E-state index in [1.54, 1.807) is 0 Å². The van der Waals surface area contributed by atoms with E-state index in [0.717, 1.165) is 27.6 Å². The van der Waals surface area contributed by atoms with E-state index in [4.69, 9.17) is 9.84 Å². The molecule has 0 unspecified atom stereocenters. The van der Waals surface area contributed by atoms with Gasteiger partial charge in [0.2, 0.25) is 5.78 Å². The van der Waals surface area contributed by atoms with Crippen molar-refractivity contribution in [2.45, 2.75) is 33.1 Å². The Hall–Kier alpha value is -4.03. The molecule has 0 aliphatic rings. The summed E-state index contributed by atoms with van der Waals surface area (Å²) in [6.07, 6.45) is 3.14. The summed E-state index contributed by atoms with van der Waals surface area (Å²) in [6.45, 7) is 4.27. The van der Waals surface area contributed by atoms with Crippen molar-refractivity contribution >= 4 is 28.7 Å². The molecule has 3 aromatic carbocycles. The van der Waals surface area contributed by atoms with Crippen LogP contribution in [0, 0.1) is 6.92 Å². The summed E-state index contributed by atoms with van der Waals surface area (Å²) >= 11 is 0. The van der Waals surface area contributed by atoms with Crippen LogP contribution in [0.2, 0.25) is 0 Å². The molecule has 1 N–H and O–H groups in total. The number of carboxylic acids is 1. The Balaban J connectivity index is 1.48. The Labute approximate surface area is 198 Å². The number of benzene rings is 3. The minimum absolute atomic E-state index is 0.0889. The highest BCUT2D eigenvalue weighted by molar-refractivity contribution is 6.14. The first-order chi connectivity index (χ1) is 16.4. The van der Waals surface area contributed by atoms with Gasteiger partial charge in [-0.2, -0.15) is 5.10 Å². The Bertz CT molecular complexity index is 1340. The van der Waals surface area contributed by atoms with Gasteiger partial charge in [-0.25, -0.2) is 4.79 Å². The predicted molar refractivity (Wildman–Crippen MR) is 132 cm³/mol. The molecule has 0 radical (unpaired) electrons. The molecule has 1 heterocycles. The molecule has 4 rings (SSSR count). The third kappa shape index (κ3) is 5.30. The zero-order chi connectivity index (χ0) is 24.1. The number of ether oxygens (including phenoxy) is 1. The molecular formula is C28H26N2O4. The maximum atomic E-state index is 13.1. The van der Waals surface area contributed by atoms with Gasteiger partial charge < -0.3 is 9.84 Å². The number of ketones is 1. The molecule has 1 aromatic heterocycles. The van der Waals surface area contributed by atoms with Crippen molar-refractivity contribution in [1.82, 2.24) is 9.78 Å². The Morgan fingerprint density at radius 3 is 2.44 bits per heavy atom. The van der Waals surface area contributed by atoms with Gasteiger partial charge in [-0.3, -0.25) is 9.48 Å². The van der Waals surface area contributed by atoms with Crippen LogP contribution >= 0.6 is 0 Å². The minimum atomic E-state index is -0.977. The largest absolute Gasteiger partial charge is 0.479 e. The zero-order valence-corrected chi connectivity index (χ0v) is 19.1. The highest BCUT2D eigenvalue weighted by Crippen LogP contribution is 2.22. The second-order valence-electron chi connectivity index (χ2n) is 8.18. The van der Waals surface area contributed by atoms with E-state index in [9.17, 15) is 9.59 Å². The van der Waals surface area contributed by atoms with E-state index in [1.165, 1.54) is 6.92 Å². The van der Waals surface area contributed by atoms with Crippen LogP contribution in [0.1, 0.15) is 39.7 Å². The number of hydrogen-bond acceptors (Lipinski definition) is 4. The third-order valence-corrected chi connectivity index (χ3v) is 5.60. The van der Waals surface area contributed by atoms with E-state index < -0.39 is 12.1 Å². The Morgan fingerprint density at radius 1 is 1.03 bits per heavy atom. The topological polar surface area (TPSA) is 81.4 Å². The molecule has 0 amide bonds.